The number of halogens is 1. The number of anilines is 1. The molecule has 9 heteroatoms. The molecular weight excluding hydrogens is 526 g/mol. The zero-order chi connectivity index (χ0) is 27.6. The third kappa shape index (κ3) is 5.26. The first-order valence-electron chi connectivity index (χ1n) is 13.3. The molecule has 6 bridgehead atoms. The van der Waals surface area contributed by atoms with E-state index in [1.165, 1.54) is 0 Å². The highest BCUT2D eigenvalue weighted by Gasteiger charge is 2.34. The Bertz CT molecular complexity index is 1610. The van der Waals surface area contributed by atoms with Gasteiger partial charge in [0.05, 0.1) is 29.8 Å². The van der Waals surface area contributed by atoms with E-state index in [0.29, 0.717) is 58.9 Å². The van der Waals surface area contributed by atoms with E-state index in [0.717, 1.165) is 24.1 Å². The molecule has 1 aromatic heterocycles. The molecule has 1 fully saturated rings. The molecule has 4 heterocycles. The van der Waals surface area contributed by atoms with E-state index >= 15 is 0 Å². The Morgan fingerprint density at radius 3 is 2.65 bits per heavy atom. The molecule has 0 radical (unpaired) electrons. The number of nitrogens with zero attached hydrogens (tertiary/aromatic N) is 5. The summed E-state index contributed by atoms with van der Waals surface area (Å²) in [6, 6.07) is 20.5. The predicted octanol–water partition coefficient (Wildman–Crippen LogP) is 6.37. The molecule has 4 aromatic rings. The van der Waals surface area contributed by atoms with Gasteiger partial charge in [0.25, 0.3) is 0 Å². The number of hydrogen-bond acceptors (Lipinski definition) is 6. The second kappa shape index (κ2) is 11.0. The molecule has 2 atom stereocenters. The highest BCUT2D eigenvalue weighted by molar-refractivity contribution is 6.31. The van der Waals surface area contributed by atoms with Crippen molar-refractivity contribution in [2.75, 3.05) is 18.0 Å². The van der Waals surface area contributed by atoms with E-state index in [9.17, 15) is 10.1 Å². The highest BCUT2D eigenvalue weighted by atomic mass is 35.5. The van der Waals surface area contributed by atoms with Crippen molar-refractivity contribution in [2.24, 2.45) is 0 Å². The minimum atomic E-state index is -0.0135. The lowest BCUT2D eigenvalue weighted by Gasteiger charge is -2.41. The number of ether oxygens (including phenoxy) is 2. The van der Waals surface area contributed by atoms with Crippen LogP contribution in [0, 0.1) is 11.3 Å². The Morgan fingerprint density at radius 2 is 1.85 bits per heavy atom. The first-order chi connectivity index (χ1) is 19.5. The number of rotatable bonds is 2. The number of carbonyl (C=O) groups excluding carboxylic acids is 1. The molecular formula is C31H28ClN5O3. The van der Waals surface area contributed by atoms with Gasteiger partial charge >= 0.3 is 0 Å². The monoisotopic (exact) mass is 553 g/mol. The van der Waals surface area contributed by atoms with Crippen LogP contribution in [0.2, 0.25) is 5.02 Å². The van der Waals surface area contributed by atoms with Gasteiger partial charge in [0.2, 0.25) is 5.91 Å². The number of piperazine rings is 1. The van der Waals surface area contributed by atoms with Gasteiger partial charge in [-0.3, -0.25) is 9.69 Å². The highest BCUT2D eigenvalue weighted by Crippen LogP contribution is 2.38. The third-order valence-corrected chi connectivity index (χ3v) is 7.56. The van der Waals surface area contributed by atoms with Gasteiger partial charge in [-0.25, -0.2) is 4.98 Å². The number of nitriles is 1. The van der Waals surface area contributed by atoms with Crippen LogP contribution in [0.3, 0.4) is 0 Å². The second-order valence-electron chi connectivity index (χ2n) is 10.1. The summed E-state index contributed by atoms with van der Waals surface area (Å²) < 4.78 is 14.6. The molecule has 0 aliphatic carbocycles. The van der Waals surface area contributed by atoms with Crippen molar-refractivity contribution in [2.45, 2.75) is 38.9 Å². The molecule has 202 valence electrons. The van der Waals surface area contributed by atoms with Gasteiger partial charge in [0, 0.05) is 43.0 Å². The molecule has 8 nitrogen and oxygen atoms in total. The molecule has 40 heavy (non-hydrogen) atoms. The zero-order valence-corrected chi connectivity index (χ0v) is 22.8. The average Bonchev–Trinajstić information content (AvgIpc) is 3.37. The normalized spacial score (nSPS) is 18.4. The molecule has 3 aliphatic rings. The fourth-order valence-corrected chi connectivity index (χ4v) is 5.52. The molecule has 0 N–H and O–H groups in total. The molecule has 0 spiro atoms. The minimum Gasteiger partial charge on any atom is -0.456 e. The summed E-state index contributed by atoms with van der Waals surface area (Å²) in [7, 11) is 0. The van der Waals surface area contributed by atoms with Gasteiger partial charge in [-0.1, -0.05) is 37.1 Å². The lowest BCUT2D eigenvalue weighted by Crippen LogP contribution is -2.56. The first kappa shape index (κ1) is 25.9. The third-order valence-electron chi connectivity index (χ3n) is 7.33. The number of aromatic nitrogens is 2. The van der Waals surface area contributed by atoms with E-state index in [1.807, 2.05) is 36.5 Å². The van der Waals surface area contributed by atoms with Crippen LogP contribution in [0.4, 0.5) is 5.69 Å². The van der Waals surface area contributed by atoms with Gasteiger partial charge in [-0.05, 0) is 54.4 Å². The maximum atomic E-state index is 13.6. The number of amides is 1. The number of benzene rings is 3. The van der Waals surface area contributed by atoms with Gasteiger partial charge < -0.3 is 18.9 Å². The molecule has 1 saturated heterocycles. The van der Waals surface area contributed by atoms with E-state index < -0.39 is 0 Å². The first-order valence-corrected chi connectivity index (χ1v) is 13.7. The van der Waals surface area contributed by atoms with E-state index in [-0.39, 0.29) is 18.5 Å². The van der Waals surface area contributed by atoms with Crippen molar-refractivity contribution in [1.29, 1.82) is 5.26 Å². The number of carbonyl (C=O) groups is 1. The summed E-state index contributed by atoms with van der Waals surface area (Å²) in [4.78, 5) is 22.1. The van der Waals surface area contributed by atoms with Crippen LogP contribution in [0.1, 0.15) is 36.6 Å². The van der Waals surface area contributed by atoms with Crippen molar-refractivity contribution in [1.82, 2.24) is 14.5 Å². The topological polar surface area (TPSA) is 83.6 Å². The van der Waals surface area contributed by atoms with Crippen LogP contribution < -0.4 is 14.4 Å². The summed E-state index contributed by atoms with van der Waals surface area (Å²) in [5.41, 5.74) is 3.05. The van der Waals surface area contributed by atoms with Gasteiger partial charge in [-0.15, -0.1) is 0 Å². The van der Waals surface area contributed by atoms with Crippen molar-refractivity contribution < 1.29 is 14.3 Å². The Labute approximate surface area is 237 Å². The van der Waals surface area contributed by atoms with Crippen molar-refractivity contribution in [3.63, 3.8) is 0 Å². The Hall–Kier alpha value is -4.32. The van der Waals surface area contributed by atoms with Crippen LogP contribution in [0.15, 0.2) is 73.2 Å². The summed E-state index contributed by atoms with van der Waals surface area (Å²) in [5.74, 6) is 2.04. The van der Waals surface area contributed by atoms with E-state index in [2.05, 4.69) is 27.4 Å². The smallest absolute Gasteiger partial charge is 0.241 e. The molecule has 3 aliphatic heterocycles. The summed E-state index contributed by atoms with van der Waals surface area (Å²) in [5, 5.41) is 10.3. The van der Waals surface area contributed by atoms with Crippen LogP contribution in [0.5, 0.6) is 23.0 Å². The number of imidazole rings is 1. The maximum absolute atomic E-state index is 13.6. The summed E-state index contributed by atoms with van der Waals surface area (Å²) in [6.07, 6.45) is 5.58. The average molecular weight is 554 g/mol. The predicted molar refractivity (Wildman–Crippen MR) is 152 cm³/mol. The largest absolute Gasteiger partial charge is 0.456 e. The molecule has 0 saturated carbocycles. The SMILES string of the molecule is CCCC1CN2C(=O)CN1Cc1cncn1Cc1ccc(C#N)c(c1)Oc1cccc(c1)Oc1ccc(Cl)cc12. The van der Waals surface area contributed by atoms with Gasteiger partial charge in [0.1, 0.15) is 23.3 Å². The Kier molecular flexibility index (Phi) is 7.16. The minimum absolute atomic E-state index is 0.0135. The molecule has 3 aromatic carbocycles. The van der Waals surface area contributed by atoms with Crippen molar-refractivity contribution >= 4 is 23.2 Å². The van der Waals surface area contributed by atoms with Gasteiger partial charge in [-0.2, -0.15) is 5.26 Å². The van der Waals surface area contributed by atoms with Crippen molar-refractivity contribution in [3.05, 3.63) is 95.0 Å². The molecule has 2 unspecified atom stereocenters. The summed E-state index contributed by atoms with van der Waals surface area (Å²) in [6.45, 7) is 4.10. The molecule has 1 amide bonds. The molecule has 7 rings (SSSR count). The van der Waals surface area contributed by atoms with E-state index in [1.54, 1.807) is 41.6 Å². The quantitative estimate of drug-likeness (QED) is 0.287. The van der Waals surface area contributed by atoms with Crippen LogP contribution in [0.25, 0.3) is 0 Å². The Morgan fingerprint density at radius 1 is 1.02 bits per heavy atom. The fraction of sp³-hybridized carbons (Fsp3) is 0.258. The maximum Gasteiger partial charge on any atom is 0.241 e. The second-order valence-corrected chi connectivity index (χ2v) is 10.5. The summed E-state index contributed by atoms with van der Waals surface area (Å²) >= 11 is 6.41. The number of hydrogen-bond donors (Lipinski definition) is 0. The van der Waals surface area contributed by atoms with Crippen LogP contribution in [-0.4, -0.2) is 39.5 Å². The van der Waals surface area contributed by atoms with Gasteiger partial charge in [0.15, 0.2) is 5.75 Å². The fourth-order valence-electron chi connectivity index (χ4n) is 5.35. The standard InChI is InChI=1S/C31H28ClN5O3/c1-2-4-24-18-37-28-12-23(32)9-10-29(28)39-26-5-3-6-27(13-26)40-30-11-21(7-8-22(30)14-33)16-36-20-34-15-25(36)17-35(24)19-31(37)38/h3,5-13,15,20,24H,2,4,16-19H2,1H3. The van der Waals surface area contributed by atoms with Crippen molar-refractivity contribution in [3.8, 4) is 29.1 Å². The van der Waals surface area contributed by atoms with Crippen LogP contribution in [-0.2, 0) is 17.9 Å². The zero-order valence-electron chi connectivity index (χ0n) is 22.1. The van der Waals surface area contributed by atoms with Crippen LogP contribution >= 0.6 is 11.6 Å². The number of fused-ring (bicyclic) bond motifs is 2. The Balaban J connectivity index is 1.48. The lowest BCUT2D eigenvalue weighted by molar-refractivity contribution is -0.122. The lowest BCUT2D eigenvalue weighted by atomic mass is 10.0. The van der Waals surface area contributed by atoms with E-state index in [4.69, 9.17) is 21.1 Å².